The largest absolute Gasteiger partial charge is 0.496 e. The summed E-state index contributed by atoms with van der Waals surface area (Å²) in [7, 11) is 4.45. The highest BCUT2D eigenvalue weighted by atomic mass is 127. The van der Waals surface area contributed by atoms with E-state index in [0.29, 0.717) is 24.9 Å². The molecule has 6 atom stereocenters. The summed E-state index contributed by atoms with van der Waals surface area (Å²) in [6.07, 6.45) is -0.600. The lowest BCUT2D eigenvalue weighted by atomic mass is 9.77. The van der Waals surface area contributed by atoms with E-state index in [9.17, 15) is 62.7 Å². The summed E-state index contributed by atoms with van der Waals surface area (Å²) in [5.41, 5.74) is 2.02. The number of nitrogens with two attached hydrogens (primary N) is 1. The van der Waals surface area contributed by atoms with E-state index in [4.69, 9.17) is 29.5 Å². The zero-order chi connectivity index (χ0) is 75.8. The Labute approximate surface area is 614 Å². The molecule has 2 aliphatic carbocycles. The normalized spacial score (nSPS) is 23.3. The highest BCUT2D eigenvalue weighted by molar-refractivity contribution is 14.1. The molecule has 3 amide bonds. The summed E-state index contributed by atoms with van der Waals surface area (Å²) in [6.45, 7) is 20.5. The molecule has 38 heteroatoms. The maximum atomic E-state index is 15.8. The number of rotatable bonds is 21. The first kappa shape index (κ1) is 87.3. The van der Waals surface area contributed by atoms with Crippen LogP contribution in [0.15, 0.2) is 63.4 Å². The number of halogens is 13. The molecule has 5 aliphatic rings. The predicted octanol–water partition coefficient (Wildman–Crippen LogP) is 13.8. The lowest BCUT2D eigenvalue weighted by Crippen LogP contribution is -2.49. The van der Waals surface area contributed by atoms with Crippen LogP contribution in [0.2, 0.25) is 25.7 Å². The van der Waals surface area contributed by atoms with Crippen molar-refractivity contribution >= 4 is 113 Å². The number of aliphatic imine (C=N–C) groups is 2. The van der Waals surface area contributed by atoms with Crippen LogP contribution in [0.5, 0.6) is 11.8 Å². The molecule has 7 heterocycles. The molecule has 4 aromatic heterocycles. The molecular formula is C65H86BF12IN12O9S2Si. The number of carbonyl (C=O) groups excluding carboxylic acids is 3. The Kier molecular flexibility index (Phi) is 27.8. The number of aromatic nitrogens is 6. The Balaban J connectivity index is 0.000000298. The van der Waals surface area contributed by atoms with E-state index in [2.05, 4.69) is 64.0 Å². The Morgan fingerprint density at radius 2 is 1.16 bits per heavy atom. The molecular weight excluding hydrogens is 1550 g/mol. The molecule has 1 saturated heterocycles. The second kappa shape index (κ2) is 32.8. The van der Waals surface area contributed by atoms with E-state index in [1.165, 1.54) is 38.7 Å². The Hall–Kier alpha value is -6.36. The van der Waals surface area contributed by atoms with E-state index < -0.39 is 126 Å². The lowest BCUT2D eigenvalue weighted by Gasteiger charge is -2.38. The monoisotopic (exact) mass is 1640 g/mol. The zero-order valence-corrected chi connectivity index (χ0v) is 62.8. The van der Waals surface area contributed by atoms with Gasteiger partial charge in [-0.25, -0.2) is 65.9 Å². The van der Waals surface area contributed by atoms with Gasteiger partial charge in [0.15, 0.2) is 35.2 Å². The molecule has 570 valence electrons. The van der Waals surface area contributed by atoms with Gasteiger partial charge >= 0.3 is 37.9 Å². The molecule has 0 radical (unpaired) electrons. The van der Waals surface area contributed by atoms with E-state index in [1.807, 2.05) is 27.7 Å². The summed E-state index contributed by atoms with van der Waals surface area (Å²) in [4.78, 5) is 76.2. The van der Waals surface area contributed by atoms with E-state index in [1.54, 1.807) is 91.5 Å². The molecule has 0 unspecified atom stereocenters. The fourth-order valence-corrected chi connectivity index (χ4v) is 14.8. The Morgan fingerprint density at radius 1 is 0.699 bits per heavy atom. The summed E-state index contributed by atoms with van der Waals surface area (Å²) in [6, 6.07) is 3.92. The van der Waals surface area contributed by atoms with Crippen molar-refractivity contribution in [1.29, 1.82) is 0 Å². The standard InChI is InChI=1S/C31H50BFN4O6SSi.C23H22F6N6O2S.C9H6F5IN2O.2CH4/c1-27(2,3)41-26(39)37(19-40-14-15-45(11,12)13)25-35-30(8,22-17-31(22,44-25)24(38)36(9)10)21-16-20(18-34-23(21)33)32-42-28(4,5)29(6,7)43-32;1-21(15-6-22(15,19(36)35(2)3)38-20(30)34-21)12-4-11(7-33-17(12)25)5-13(24)14-8-32-16(9-31-14)37-10-23(28,29)18(26)27;10-5(1-15)6-2-17-7(3-16-6)18-4-9(13,14)8(11)12;;/h16,18,22H,14-15,17,19H2,1-13H3;4-5,7-9,15,18H,6,10H2,1-3H3,(H2,30,34);1-3,8H,4H2;2*1H4/b;13-5-;5-1-;;/t22-,30+,31-;15-,21+,22-;;;/m00.../s1. The number of amidine groups is 2. The third-order valence-electron chi connectivity index (χ3n) is 16.9. The number of pyridine rings is 2. The number of hydrogen-bond acceptors (Lipinski definition) is 20. The van der Waals surface area contributed by atoms with E-state index >= 15 is 4.39 Å². The smallest absolute Gasteiger partial charge is 0.470 e. The summed E-state index contributed by atoms with van der Waals surface area (Å²) in [5, 5.41) is 0.357. The van der Waals surface area contributed by atoms with Crippen molar-refractivity contribution < 1.29 is 95.3 Å². The van der Waals surface area contributed by atoms with Crippen molar-refractivity contribution in [2.75, 3.05) is 54.7 Å². The topological polar surface area (TPSA) is 244 Å². The van der Waals surface area contributed by atoms with Crippen molar-refractivity contribution in [1.82, 2.24) is 44.6 Å². The second-order valence-corrected chi connectivity index (χ2v) is 37.1. The van der Waals surface area contributed by atoms with Crippen LogP contribution in [0.4, 0.5) is 57.5 Å². The van der Waals surface area contributed by atoms with Gasteiger partial charge in [0.25, 0.3) is 0 Å². The van der Waals surface area contributed by atoms with Crippen molar-refractivity contribution in [3.63, 3.8) is 0 Å². The summed E-state index contributed by atoms with van der Waals surface area (Å²) < 4.78 is 190. The molecule has 3 aliphatic heterocycles. The number of alkyl halides is 8. The van der Waals surface area contributed by atoms with Crippen LogP contribution in [0.1, 0.15) is 118 Å². The summed E-state index contributed by atoms with van der Waals surface area (Å²) >= 11 is 4.00. The molecule has 3 fully saturated rings. The van der Waals surface area contributed by atoms with Crippen LogP contribution < -0.4 is 20.7 Å². The number of ether oxygens (including phenoxy) is 4. The van der Waals surface area contributed by atoms with Crippen molar-refractivity contribution in [3.8, 4) is 11.8 Å². The van der Waals surface area contributed by atoms with Gasteiger partial charge in [0.2, 0.25) is 35.5 Å². The molecule has 0 bridgehead atoms. The predicted molar refractivity (Wildman–Crippen MR) is 382 cm³/mol. The van der Waals surface area contributed by atoms with Crippen LogP contribution in [-0.4, -0.2) is 194 Å². The van der Waals surface area contributed by atoms with Crippen LogP contribution in [0, 0.1) is 23.7 Å². The third-order valence-corrected chi connectivity index (χ3v) is 22.0. The van der Waals surface area contributed by atoms with Crippen LogP contribution in [0.3, 0.4) is 0 Å². The van der Waals surface area contributed by atoms with Gasteiger partial charge in [-0.05, 0) is 121 Å². The average Bonchev–Trinajstić information content (AvgIpc) is 1.53. The van der Waals surface area contributed by atoms with Gasteiger partial charge in [-0.3, -0.25) is 19.6 Å². The SMILES string of the molecule is C.C.CN(C)C(=O)[C@]12C[C@H]1[C@@](C)(c1cc(/C=C(\F)c3cnc(OCC(F)(F)C(F)F)cn3)cnc1F)N=C(N)S2.CN(C)C(=O)[C@]12C[C@H]1[C@@](C)(c1cc(B3OC(C)(C)C(C)(C)O3)cnc1F)N=C(N(COCC[Si](C)(C)C)C(=O)OC(C)(C)C)S2.F/C(=C\I)c1cnc(OCC(F)(F)C(F)F)cn1. The number of nitrogens with zero attached hydrogens (tertiary/aromatic N) is 11. The van der Waals surface area contributed by atoms with Crippen LogP contribution in [0.25, 0.3) is 17.7 Å². The van der Waals surface area contributed by atoms with Gasteiger partial charge in [0.1, 0.15) is 33.2 Å². The van der Waals surface area contributed by atoms with Gasteiger partial charge < -0.3 is 43.8 Å². The van der Waals surface area contributed by atoms with Gasteiger partial charge in [0.05, 0.1) is 47.1 Å². The van der Waals surface area contributed by atoms with E-state index in [-0.39, 0.29) is 89.5 Å². The second-order valence-electron chi connectivity index (χ2n) is 28.2. The number of carbonyl (C=O) groups is 3. The number of thioether (sulfide) groups is 2. The number of hydrogen-bond donors (Lipinski definition) is 1. The highest BCUT2D eigenvalue weighted by Crippen LogP contribution is 2.68. The Morgan fingerprint density at radius 3 is 1.59 bits per heavy atom. The first-order chi connectivity index (χ1) is 46.5. The molecule has 103 heavy (non-hydrogen) atoms. The summed E-state index contributed by atoms with van der Waals surface area (Å²) in [5.74, 6) is -13.7. The molecule has 2 N–H and O–H groups in total. The minimum absolute atomic E-state index is 0. The minimum atomic E-state index is -4.39. The maximum Gasteiger partial charge on any atom is 0.496 e. The molecule has 2 saturated carbocycles. The van der Waals surface area contributed by atoms with Gasteiger partial charge in [-0.2, -0.15) is 26.3 Å². The van der Waals surface area contributed by atoms with Crippen LogP contribution >= 0.6 is 46.1 Å². The van der Waals surface area contributed by atoms with Gasteiger partial charge in [-0.15, -0.1) is 0 Å². The van der Waals surface area contributed by atoms with Crippen LogP contribution in [-0.2, 0) is 39.4 Å². The molecule has 4 aromatic rings. The highest BCUT2D eigenvalue weighted by Gasteiger charge is 2.73. The number of fused-ring (bicyclic) bond motifs is 2. The molecule has 0 spiro atoms. The minimum Gasteiger partial charge on any atom is -0.470 e. The van der Waals surface area contributed by atoms with Gasteiger partial charge in [0, 0.05) is 87.8 Å². The van der Waals surface area contributed by atoms with Crippen molar-refractivity contribution in [2.45, 2.75) is 178 Å². The molecule has 21 nitrogen and oxygen atoms in total. The fourth-order valence-electron chi connectivity index (χ4n) is 10.6. The van der Waals surface area contributed by atoms with Crippen molar-refractivity contribution in [2.24, 2.45) is 27.6 Å². The molecule has 9 rings (SSSR count). The lowest BCUT2D eigenvalue weighted by molar-refractivity contribution is -0.148. The third kappa shape index (κ3) is 20.2. The fraction of sp³-hybridized carbons (Fsp3) is 0.585. The maximum absolute atomic E-state index is 15.8. The van der Waals surface area contributed by atoms with Gasteiger partial charge in [-0.1, -0.05) is 64.1 Å². The van der Waals surface area contributed by atoms with Crippen molar-refractivity contribution in [3.05, 3.63) is 93.4 Å². The quantitative estimate of drug-likeness (QED) is 0.0203. The first-order valence-electron chi connectivity index (χ1n) is 31.1. The molecule has 0 aromatic carbocycles. The van der Waals surface area contributed by atoms with E-state index in [0.717, 1.165) is 58.9 Å². The Bertz CT molecular complexity index is 3820. The average molecular weight is 1640 g/mol. The first-order valence-corrected chi connectivity index (χ1v) is 37.6. The number of amides is 3. The zero-order valence-electron chi connectivity index (χ0n) is 58.0.